The van der Waals surface area contributed by atoms with Gasteiger partial charge in [-0.3, -0.25) is 0 Å². The molecule has 2 nitrogen and oxygen atoms in total. The molecule has 0 saturated carbocycles. The average Bonchev–Trinajstić information content (AvgIpc) is 2.65. The lowest BCUT2D eigenvalue weighted by atomic mass is 10.1. The van der Waals surface area contributed by atoms with Crippen molar-refractivity contribution in [1.29, 1.82) is 0 Å². The minimum Gasteiger partial charge on any atom is -0.381 e. The molecule has 0 saturated heterocycles. The normalized spacial score (nSPS) is 10.9. The van der Waals surface area contributed by atoms with Crippen LogP contribution in [0.4, 0.5) is 0 Å². The Morgan fingerprint density at radius 3 is 1.04 bits per heavy atom. The van der Waals surface area contributed by atoms with Gasteiger partial charge in [0.25, 0.3) is 0 Å². The molecular formula is C25H55NO. The fourth-order valence-electron chi connectivity index (χ4n) is 3.23. The zero-order chi connectivity index (χ0) is 20.4. The van der Waals surface area contributed by atoms with E-state index in [0.29, 0.717) is 0 Å². The molecule has 0 aliphatic heterocycles. The summed E-state index contributed by atoms with van der Waals surface area (Å²) in [6.07, 6.45) is 23.5. The molecule has 0 fully saturated rings. The molecule has 0 atom stereocenters. The van der Waals surface area contributed by atoms with Crippen LogP contribution in [0.5, 0.6) is 0 Å². The second-order valence-corrected chi connectivity index (χ2v) is 8.37. The summed E-state index contributed by atoms with van der Waals surface area (Å²) in [4.78, 5) is 2.18. The summed E-state index contributed by atoms with van der Waals surface area (Å²) in [5, 5.41) is 0. The van der Waals surface area contributed by atoms with Crippen molar-refractivity contribution in [2.75, 3.05) is 33.9 Å². The lowest BCUT2D eigenvalue weighted by Gasteiger charge is -2.05. The van der Waals surface area contributed by atoms with Crippen LogP contribution in [0.3, 0.4) is 0 Å². The highest BCUT2D eigenvalue weighted by Gasteiger charge is 1.94. The highest BCUT2D eigenvalue weighted by atomic mass is 16.5. The number of ether oxygens (including phenoxy) is 1. The first-order valence-corrected chi connectivity index (χ1v) is 12.4. The third-order valence-electron chi connectivity index (χ3n) is 4.96. The molecule has 27 heavy (non-hydrogen) atoms. The van der Waals surface area contributed by atoms with E-state index in [2.05, 4.69) is 39.8 Å². The van der Waals surface area contributed by atoms with Crippen molar-refractivity contribution < 1.29 is 4.74 Å². The van der Waals surface area contributed by atoms with Crippen molar-refractivity contribution >= 4 is 0 Å². The van der Waals surface area contributed by atoms with E-state index in [1.807, 2.05) is 0 Å². The molecule has 0 aliphatic carbocycles. The summed E-state index contributed by atoms with van der Waals surface area (Å²) in [5.41, 5.74) is 0. The molecular weight excluding hydrogens is 330 g/mol. The summed E-state index contributed by atoms with van der Waals surface area (Å²) < 4.78 is 5.72. The predicted octanol–water partition coefficient (Wildman–Crippen LogP) is 8.24. The minimum atomic E-state index is 0.992. The van der Waals surface area contributed by atoms with E-state index in [9.17, 15) is 0 Å². The Hall–Kier alpha value is -0.0800. The van der Waals surface area contributed by atoms with Gasteiger partial charge in [-0.05, 0) is 39.9 Å². The quantitative estimate of drug-likeness (QED) is 0.196. The fourth-order valence-corrected chi connectivity index (χ4v) is 3.23. The number of rotatable bonds is 20. The van der Waals surface area contributed by atoms with Gasteiger partial charge in [0.15, 0.2) is 0 Å². The van der Waals surface area contributed by atoms with E-state index in [1.165, 1.54) is 116 Å². The minimum absolute atomic E-state index is 0.992. The van der Waals surface area contributed by atoms with Crippen LogP contribution in [0, 0.1) is 0 Å². The van der Waals surface area contributed by atoms with Gasteiger partial charge in [0.05, 0.1) is 0 Å². The van der Waals surface area contributed by atoms with E-state index in [4.69, 9.17) is 4.74 Å². The van der Waals surface area contributed by atoms with E-state index in [1.54, 1.807) is 0 Å². The SMILES string of the molecule is CCCCCCCCCCOCCCCCCCCCC.CCCN(C)C. The molecule has 0 aromatic carbocycles. The Morgan fingerprint density at radius 1 is 0.444 bits per heavy atom. The number of unbranched alkanes of at least 4 members (excludes halogenated alkanes) is 14. The Balaban J connectivity index is 0. The van der Waals surface area contributed by atoms with E-state index < -0.39 is 0 Å². The maximum absolute atomic E-state index is 5.72. The lowest BCUT2D eigenvalue weighted by Crippen LogP contribution is -2.11. The predicted molar refractivity (Wildman–Crippen MR) is 125 cm³/mol. The molecule has 0 amide bonds. The van der Waals surface area contributed by atoms with Gasteiger partial charge in [-0.1, -0.05) is 111 Å². The second-order valence-electron chi connectivity index (χ2n) is 8.37. The van der Waals surface area contributed by atoms with Crippen molar-refractivity contribution in [2.45, 2.75) is 130 Å². The molecule has 166 valence electrons. The van der Waals surface area contributed by atoms with E-state index >= 15 is 0 Å². The fraction of sp³-hybridized carbons (Fsp3) is 1.00. The smallest absolute Gasteiger partial charge is 0.0466 e. The van der Waals surface area contributed by atoms with Crippen molar-refractivity contribution in [1.82, 2.24) is 4.90 Å². The molecule has 0 heterocycles. The number of hydrogen-bond donors (Lipinski definition) is 0. The Bertz CT molecular complexity index is 212. The lowest BCUT2D eigenvalue weighted by molar-refractivity contribution is 0.125. The standard InChI is InChI=1S/C20H42O.C5H13N/c1-3-5-7-9-11-13-15-17-19-21-20-18-16-14-12-10-8-6-4-2;1-4-5-6(2)3/h3-20H2,1-2H3;4-5H2,1-3H3. The molecule has 0 bridgehead atoms. The Labute approximate surface area is 173 Å². The van der Waals surface area contributed by atoms with Gasteiger partial charge in [0.1, 0.15) is 0 Å². The average molecular weight is 386 g/mol. The van der Waals surface area contributed by atoms with E-state index in [0.717, 1.165) is 13.2 Å². The third-order valence-corrected chi connectivity index (χ3v) is 4.96. The molecule has 2 heteroatoms. The zero-order valence-electron chi connectivity index (χ0n) is 20.0. The van der Waals surface area contributed by atoms with Gasteiger partial charge in [-0.25, -0.2) is 0 Å². The van der Waals surface area contributed by atoms with Gasteiger partial charge in [-0.2, -0.15) is 0 Å². The molecule has 0 aromatic rings. The van der Waals surface area contributed by atoms with Crippen molar-refractivity contribution in [3.05, 3.63) is 0 Å². The summed E-state index contributed by atoms with van der Waals surface area (Å²) in [6.45, 7) is 9.94. The third kappa shape index (κ3) is 33.9. The van der Waals surface area contributed by atoms with E-state index in [-0.39, 0.29) is 0 Å². The zero-order valence-corrected chi connectivity index (χ0v) is 20.0. The monoisotopic (exact) mass is 385 g/mol. The summed E-state index contributed by atoms with van der Waals surface area (Å²) >= 11 is 0. The van der Waals surface area contributed by atoms with Crippen molar-refractivity contribution in [3.63, 3.8) is 0 Å². The van der Waals surface area contributed by atoms with Gasteiger partial charge >= 0.3 is 0 Å². The van der Waals surface area contributed by atoms with Gasteiger partial charge in [-0.15, -0.1) is 0 Å². The van der Waals surface area contributed by atoms with Crippen LogP contribution in [0.25, 0.3) is 0 Å². The molecule has 0 N–H and O–H groups in total. The van der Waals surface area contributed by atoms with Crippen LogP contribution >= 0.6 is 0 Å². The van der Waals surface area contributed by atoms with Gasteiger partial charge in [0, 0.05) is 13.2 Å². The highest BCUT2D eigenvalue weighted by Crippen LogP contribution is 2.10. The molecule has 0 rings (SSSR count). The molecule has 0 aliphatic rings. The topological polar surface area (TPSA) is 12.5 Å². The molecule has 0 unspecified atom stereocenters. The van der Waals surface area contributed by atoms with Crippen LogP contribution in [0.1, 0.15) is 130 Å². The first-order valence-electron chi connectivity index (χ1n) is 12.4. The molecule has 0 radical (unpaired) electrons. The number of hydrogen-bond acceptors (Lipinski definition) is 2. The van der Waals surface area contributed by atoms with Crippen molar-refractivity contribution in [3.8, 4) is 0 Å². The summed E-state index contributed by atoms with van der Waals surface area (Å²) in [7, 11) is 4.17. The van der Waals surface area contributed by atoms with Crippen LogP contribution in [-0.2, 0) is 4.74 Å². The van der Waals surface area contributed by atoms with Gasteiger partial charge < -0.3 is 9.64 Å². The Morgan fingerprint density at radius 2 is 0.778 bits per heavy atom. The molecule has 0 spiro atoms. The second kappa shape index (κ2) is 28.1. The maximum Gasteiger partial charge on any atom is 0.0466 e. The van der Waals surface area contributed by atoms with Crippen LogP contribution in [0.15, 0.2) is 0 Å². The van der Waals surface area contributed by atoms with Gasteiger partial charge in [0.2, 0.25) is 0 Å². The first-order chi connectivity index (χ1) is 13.2. The Kier molecular flexibility index (Phi) is 30.3. The first kappa shape index (κ1) is 29.1. The highest BCUT2D eigenvalue weighted by molar-refractivity contribution is 4.47. The van der Waals surface area contributed by atoms with Crippen LogP contribution in [0.2, 0.25) is 0 Å². The largest absolute Gasteiger partial charge is 0.381 e. The van der Waals surface area contributed by atoms with Crippen LogP contribution < -0.4 is 0 Å². The maximum atomic E-state index is 5.72. The summed E-state index contributed by atoms with van der Waals surface area (Å²) in [5.74, 6) is 0. The molecule has 0 aromatic heterocycles. The summed E-state index contributed by atoms with van der Waals surface area (Å²) in [6, 6.07) is 0. The number of nitrogens with zero attached hydrogens (tertiary/aromatic N) is 1. The van der Waals surface area contributed by atoms with Crippen LogP contribution in [-0.4, -0.2) is 38.8 Å². The van der Waals surface area contributed by atoms with Crippen molar-refractivity contribution in [2.24, 2.45) is 0 Å².